The van der Waals surface area contributed by atoms with Gasteiger partial charge in [-0.2, -0.15) is 0 Å². The Balaban J connectivity index is 1.46. The lowest BCUT2D eigenvalue weighted by Gasteiger charge is -2.33. The second-order valence-electron chi connectivity index (χ2n) is 10.9. The molecule has 0 amide bonds. The van der Waals surface area contributed by atoms with Gasteiger partial charge in [-0.1, -0.05) is 19.9 Å². The van der Waals surface area contributed by atoms with Crippen molar-refractivity contribution in [3.05, 3.63) is 53.6 Å². The molecule has 3 heterocycles. The molecule has 1 aliphatic carbocycles. The number of aromatic nitrogens is 3. The predicted molar refractivity (Wildman–Crippen MR) is 147 cm³/mol. The summed E-state index contributed by atoms with van der Waals surface area (Å²) >= 11 is 0. The number of anilines is 2. The van der Waals surface area contributed by atoms with E-state index in [1.54, 1.807) is 6.33 Å². The Labute approximate surface area is 228 Å². The van der Waals surface area contributed by atoms with E-state index in [1.165, 1.54) is 17.8 Å². The van der Waals surface area contributed by atoms with Gasteiger partial charge in [-0.25, -0.2) is 28.1 Å². The molecule has 0 fully saturated rings. The van der Waals surface area contributed by atoms with Crippen LogP contribution in [0.1, 0.15) is 37.1 Å². The molecule has 0 saturated carbocycles. The smallest absolute Gasteiger partial charge is 0.244 e. The van der Waals surface area contributed by atoms with E-state index in [0.29, 0.717) is 25.3 Å². The minimum Gasteiger partial charge on any atom is -0.491 e. The van der Waals surface area contributed by atoms with E-state index in [-0.39, 0.29) is 22.7 Å². The Morgan fingerprint density at radius 3 is 2.82 bits per heavy atom. The molecule has 1 unspecified atom stereocenters. The fourth-order valence-corrected chi connectivity index (χ4v) is 6.24. The normalized spacial score (nSPS) is 17.5. The van der Waals surface area contributed by atoms with Crippen LogP contribution < -0.4 is 20.1 Å². The molecule has 5 N–H and O–H groups in total. The first kappa shape index (κ1) is 27.3. The molecule has 12 heteroatoms. The maximum atomic E-state index is 12.8. The van der Waals surface area contributed by atoms with Gasteiger partial charge in [0, 0.05) is 41.7 Å². The van der Waals surface area contributed by atoms with Crippen molar-refractivity contribution < 1.29 is 23.4 Å². The first-order valence-corrected chi connectivity index (χ1v) is 14.4. The number of nitrogens with one attached hydrogen (secondary N) is 1. The van der Waals surface area contributed by atoms with Crippen LogP contribution in [-0.4, -0.2) is 66.0 Å². The van der Waals surface area contributed by atoms with E-state index in [4.69, 9.17) is 15.6 Å². The van der Waals surface area contributed by atoms with Crippen LogP contribution in [0.25, 0.3) is 11.1 Å². The summed E-state index contributed by atoms with van der Waals surface area (Å²) < 4.78 is 34.0. The minimum atomic E-state index is -4.07. The van der Waals surface area contributed by atoms with Crippen molar-refractivity contribution in [1.29, 1.82) is 0 Å². The Bertz CT molecular complexity index is 1480. The van der Waals surface area contributed by atoms with E-state index in [0.717, 1.165) is 47.7 Å². The van der Waals surface area contributed by atoms with Crippen LogP contribution in [0.5, 0.6) is 5.75 Å². The molecule has 0 bridgehead atoms. The number of pyridine rings is 1. The number of benzene rings is 1. The van der Waals surface area contributed by atoms with Crippen LogP contribution in [0, 0.1) is 5.41 Å². The van der Waals surface area contributed by atoms with Gasteiger partial charge in [0.2, 0.25) is 10.0 Å². The lowest BCUT2D eigenvalue weighted by molar-refractivity contribution is 0.0988. The number of fused-ring (bicyclic) bond motifs is 2. The van der Waals surface area contributed by atoms with Crippen molar-refractivity contribution in [1.82, 2.24) is 19.7 Å². The predicted octanol–water partition coefficient (Wildman–Crippen LogP) is 1.67. The van der Waals surface area contributed by atoms with Crippen LogP contribution in [-0.2, 0) is 29.4 Å². The fourth-order valence-electron chi connectivity index (χ4n) is 5.06. The third kappa shape index (κ3) is 5.83. The van der Waals surface area contributed by atoms with Gasteiger partial charge in [0.15, 0.2) is 0 Å². The van der Waals surface area contributed by atoms with Crippen LogP contribution in [0.2, 0.25) is 0 Å². The molecule has 0 radical (unpaired) electrons. The summed E-state index contributed by atoms with van der Waals surface area (Å²) in [5.41, 5.74) is 10.7. The number of aliphatic hydroxyl groups excluding tert-OH is 2. The summed E-state index contributed by atoms with van der Waals surface area (Å²) in [6.45, 7) is 5.38. The van der Waals surface area contributed by atoms with Crippen LogP contribution >= 0.6 is 0 Å². The molecule has 1 aromatic carbocycles. The number of hydrogen-bond acceptors (Lipinski definition) is 10. The van der Waals surface area contributed by atoms with E-state index >= 15 is 0 Å². The number of hydrogen-bond donors (Lipinski definition) is 4. The SMILES string of the molecule is CC1(C)CCc2ncnc(N3CCOc4ccc(-c5cnc(N)c(S(=O)(=O)NCC(O)CO)c5)cc4C3)c2C1. The maximum Gasteiger partial charge on any atom is 0.244 e. The second-order valence-corrected chi connectivity index (χ2v) is 12.6. The average molecular weight is 555 g/mol. The second kappa shape index (κ2) is 10.7. The zero-order valence-corrected chi connectivity index (χ0v) is 22.9. The largest absolute Gasteiger partial charge is 0.491 e. The number of aryl methyl sites for hydroxylation is 1. The van der Waals surface area contributed by atoms with Crippen molar-refractivity contribution in [2.75, 3.05) is 36.9 Å². The Hall–Kier alpha value is -3.32. The summed E-state index contributed by atoms with van der Waals surface area (Å²) in [6, 6.07) is 7.16. The van der Waals surface area contributed by atoms with Crippen molar-refractivity contribution in [3.63, 3.8) is 0 Å². The molecular weight excluding hydrogens is 520 g/mol. The van der Waals surface area contributed by atoms with E-state index in [1.807, 2.05) is 18.2 Å². The summed E-state index contributed by atoms with van der Waals surface area (Å²) in [4.78, 5) is 15.4. The summed E-state index contributed by atoms with van der Waals surface area (Å²) in [5.74, 6) is 1.54. The highest BCUT2D eigenvalue weighted by Gasteiger charge is 2.31. The molecule has 3 aromatic rings. The first-order chi connectivity index (χ1) is 18.6. The van der Waals surface area contributed by atoms with Gasteiger partial charge in [-0.15, -0.1) is 0 Å². The van der Waals surface area contributed by atoms with Gasteiger partial charge in [0.1, 0.15) is 35.2 Å². The highest BCUT2D eigenvalue weighted by molar-refractivity contribution is 7.89. The Morgan fingerprint density at radius 1 is 1.21 bits per heavy atom. The van der Waals surface area contributed by atoms with Crippen LogP contribution in [0.4, 0.5) is 11.6 Å². The van der Waals surface area contributed by atoms with E-state index in [9.17, 15) is 13.5 Å². The fraction of sp³-hybridized carbons (Fsp3) is 0.444. The first-order valence-electron chi connectivity index (χ1n) is 12.9. The van der Waals surface area contributed by atoms with Crippen molar-refractivity contribution in [2.24, 2.45) is 5.41 Å². The number of nitrogens with two attached hydrogens (primary N) is 1. The van der Waals surface area contributed by atoms with Crippen LogP contribution in [0.3, 0.4) is 0 Å². The number of nitrogen functional groups attached to an aromatic ring is 1. The average Bonchev–Trinajstić information content (AvgIpc) is 3.13. The molecular formula is C27H34N6O5S. The van der Waals surface area contributed by atoms with Gasteiger partial charge in [0.05, 0.1) is 19.3 Å². The number of nitrogens with zero attached hydrogens (tertiary/aromatic N) is 4. The Morgan fingerprint density at radius 2 is 2.03 bits per heavy atom. The molecule has 39 heavy (non-hydrogen) atoms. The van der Waals surface area contributed by atoms with Gasteiger partial charge in [-0.3, -0.25) is 0 Å². The topological polar surface area (TPSA) is 164 Å². The summed E-state index contributed by atoms with van der Waals surface area (Å²) in [5, 5.41) is 18.5. The molecule has 2 aromatic heterocycles. The molecule has 208 valence electrons. The van der Waals surface area contributed by atoms with Gasteiger partial charge >= 0.3 is 0 Å². The van der Waals surface area contributed by atoms with Crippen LogP contribution in [0.15, 0.2) is 41.7 Å². The molecule has 2 aliphatic rings. The number of rotatable bonds is 7. The van der Waals surface area contributed by atoms with Crippen molar-refractivity contribution in [2.45, 2.75) is 50.7 Å². The quantitative estimate of drug-likeness (QED) is 0.338. The summed E-state index contributed by atoms with van der Waals surface area (Å²) in [6.07, 6.45) is 4.89. The number of aliphatic hydroxyl groups is 2. The highest BCUT2D eigenvalue weighted by Crippen LogP contribution is 2.39. The van der Waals surface area contributed by atoms with Crippen molar-refractivity contribution >= 4 is 21.7 Å². The molecule has 1 atom stereocenters. The molecule has 5 rings (SSSR count). The summed E-state index contributed by atoms with van der Waals surface area (Å²) in [7, 11) is -4.07. The van der Waals surface area contributed by atoms with E-state index < -0.39 is 22.7 Å². The third-order valence-corrected chi connectivity index (χ3v) is 8.72. The minimum absolute atomic E-state index is 0.162. The third-order valence-electron chi connectivity index (χ3n) is 7.27. The molecule has 11 nitrogen and oxygen atoms in total. The number of sulfonamides is 1. The highest BCUT2D eigenvalue weighted by atomic mass is 32.2. The maximum absolute atomic E-state index is 12.8. The number of ether oxygens (including phenoxy) is 1. The molecule has 1 aliphatic heterocycles. The molecule has 0 spiro atoms. The lowest BCUT2D eigenvalue weighted by atomic mass is 9.76. The zero-order chi connectivity index (χ0) is 27.8. The zero-order valence-electron chi connectivity index (χ0n) is 22.1. The van der Waals surface area contributed by atoms with E-state index in [2.05, 4.69) is 38.4 Å². The van der Waals surface area contributed by atoms with Crippen molar-refractivity contribution in [3.8, 4) is 16.9 Å². The van der Waals surface area contributed by atoms with Gasteiger partial charge < -0.3 is 25.6 Å². The monoisotopic (exact) mass is 554 g/mol. The van der Waals surface area contributed by atoms with Gasteiger partial charge in [0.25, 0.3) is 0 Å². The Kier molecular flexibility index (Phi) is 7.47. The standard InChI is InChI=1S/C27H34N6O5S/c1-27(2)6-5-22-21(11-27)26(31-16-30-22)33-7-8-38-23-4-3-17(9-19(23)14-33)18-10-24(25(28)29-12-18)39(36,37)32-13-20(35)15-34/h3-4,9-10,12,16,20,32,34-35H,5-8,11,13-15H2,1-2H3,(H2,28,29). The molecule has 0 saturated heterocycles. The lowest BCUT2D eigenvalue weighted by Crippen LogP contribution is -2.34. The van der Waals surface area contributed by atoms with Gasteiger partial charge in [-0.05, 0) is 48.4 Å².